The Morgan fingerprint density at radius 1 is 1.06 bits per heavy atom. The molecule has 0 bridgehead atoms. The summed E-state index contributed by atoms with van der Waals surface area (Å²) < 4.78 is 0. The normalized spacial score (nSPS) is 14.1. The van der Waals surface area contributed by atoms with Crippen molar-refractivity contribution in [2.45, 2.75) is 94.9 Å². The Labute approximate surface area is 221 Å². The van der Waals surface area contributed by atoms with Crippen molar-refractivity contribution in [3.05, 3.63) is 76.1 Å². The third kappa shape index (κ3) is 12.2. The molecule has 0 unspecified atom stereocenters. The standard InChI is InChI=1S/C25H31NO3.C3H8.2C2H6/c1-6-13-26-15-22(25(28)29)23(27)14-17(3)18(4)24(19(5)20-11-12-20)21-10-8-7-9-16(21)2;1-3-2;2*1-2/h7-10,14-15,20,27H,5-6,11-13H2,1-4H3,(H,28,29);3H2,1-2H3;2*1-2H3/b17-14+,23-22-,24-18-,26-15?;;;. The number of aliphatic carboxylic acids is 1. The van der Waals surface area contributed by atoms with E-state index in [0.29, 0.717) is 12.5 Å². The Balaban J connectivity index is 0. The molecule has 1 saturated carbocycles. The molecule has 0 spiro atoms. The number of hydrogen-bond donors (Lipinski definition) is 2. The quantitative estimate of drug-likeness (QED) is 0.154. The summed E-state index contributed by atoms with van der Waals surface area (Å²) in [7, 11) is 0. The van der Waals surface area contributed by atoms with Gasteiger partial charge in [-0.25, -0.2) is 4.79 Å². The molecule has 0 radical (unpaired) electrons. The summed E-state index contributed by atoms with van der Waals surface area (Å²) in [6.07, 6.45) is 7.09. The lowest BCUT2D eigenvalue weighted by Gasteiger charge is -2.18. The molecular weight excluding hydrogens is 446 g/mol. The molecule has 1 fully saturated rings. The van der Waals surface area contributed by atoms with Crippen molar-refractivity contribution < 1.29 is 15.0 Å². The molecule has 202 valence electrons. The maximum absolute atomic E-state index is 11.5. The molecule has 2 N–H and O–H groups in total. The minimum Gasteiger partial charge on any atom is -0.507 e. The second-order valence-corrected chi connectivity index (χ2v) is 8.29. The van der Waals surface area contributed by atoms with E-state index < -0.39 is 5.97 Å². The summed E-state index contributed by atoms with van der Waals surface area (Å²) in [5, 5.41) is 19.9. The molecule has 36 heavy (non-hydrogen) atoms. The molecule has 0 heterocycles. The lowest BCUT2D eigenvalue weighted by molar-refractivity contribution is -0.132. The number of hydrogen-bond acceptors (Lipinski definition) is 3. The first kappa shape index (κ1) is 35.3. The molecule has 2 rings (SSSR count). The topological polar surface area (TPSA) is 69.9 Å². The van der Waals surface area contributed by atoms with Crippen LogP contribution in [0.2, 0.25) is 0 Å². The van der Waals surface area contributed by atoms with Crippen LogP contribution in [-0.2, 0) is 4.79 Å². The minimum atomic E-state index is -1.20. The highest BCUT2D eigenvalue weighted by molar-refractivity contribution is 6.09. The van der Waals surface area contributed by atoms with Crippen LogP contribution in [0.25, 0.3) is 5.57 Å². The summed E-state index contributed by atoms with van der Waals surface area (Å²) in [5.41, 5.74) is 6.06. The van der Waals surface area contributed by atoms with Gasteiger partial charge < -0.3 is 10.2 Å². The maximum Gasteiger partial charge on any atom is 0.341 e. The Morgan fingerprint density at radius 2 is 1.58 bits per heavy atom. The molecule has 0 amide bonds. The number of nitrogens with zero attached hydrogens (tertiary/aromatic N) is 1. The minimum absolute atomic E-state index is 0.205. The lowest BCUT2D eigenvalue weighted by atomic mass is 9.87. The van der Waals surface area contributed by atoms with Crippen LogP contribution in [0.1, 0.15) is 99.1 Å². The van der Waals surface area contributed by atoms with Crippen molar-refractivity contribution in [3.8, 4) is 0 Å². The van der Waals surface area contributed by atoms with Crippen LogP contribution in [0, 0.1) is 12.8 Å². The van der Waals surface area contributed by atoms with Crippen molar-refractivity contribution in [2.75, 3.05) is 6.54 Å². The molecule has 1 aliphatic rings. The monoisotopic (exact) mass is 497 g/mol. The predicted octanol–water partition coefficient (Wildman–Crippen LogP) is 9.53. The van der Waals surface area contributed by atoms with Gasteiger partial charge in [0.2, 0.25) is 0 Å². The van der Waals surface area contributed by atoms with Crippen LogP contribution < -0.4 is 0 Å². The highest BCUT2D eigenvalue weighted by atomic mass is 16.4. The van der Waals surface area contributed by atoms with Gasteiger partial charge in [-0.1, -0.05) is 85.7 Å². The van der Waals surface area contributed by atoms with Gasteiger partial charge in [-0.15, -0.1) is 0 Å². The number of aliphatic hydroxyl groups is 1. The van der Waals surface area contributed by atoms with Crippen molar-refractivity contribution in [1.82, 2.24) is 0 Å². The van der Waals surface area contributed by atoms with Gasteiger partial charge in [0.15, 0.2) is 0 Å². The van der Waals surface area contributed by atoms with Gasteiger partial charge in [0.05, 0.1) is 0 Å². The second kappa shape index (κ2) is 20.3. The Morgan fingerprint density at radius 3 is 2.03 bits per heavy atom. The van der Waals surface area contributed by atoms with Crippen molar-refractivity contribution in [2.24, 2.45) is 10.9 Å². The molecule has 0 saturated heterocycles. The van der Waals surface area contributed by atoms with Gasteiger partial charge in [-0.2, -0.15) is 0 Å². The van der Waals surface area contributed by atoms with Crippen LogP contribution in [0.5, 0.6) is 0 Å². The van der Waals surface area contributed by atoms with Gasteiger partial charge >= 0.3 is 5.97 Å². The zero-order chi connectivity index (χ0) is 28.3. The highest BCUT2D eigenvalue weighted by Gasteiger charge is 2.28. The first-order valence-electron chi connectivity index (χ1n) is 13.5. The van der Waals surface area contributed by atoms with Gasteiger partial charge in [0, 0.05) is 12.8 Å². The number of allylic oxidation sites excluding steroid dienone is 5. The molecule has 0 aliphatic heterocycles. The summed E-state index contributed by atoms with van der Waals surface area (Å²) in [6, 6.07) is 8.19. The molecule has 4 heteroatoms. The molecule has 0 aromatic heterocycles. The number of carbonyl (C=O) groups is 1. The Bertz CT molecular complexity index is 928. The van der Waals surface area contributed by atoms with E-state index in [0.717, 1.165) is 52.7 Å². The first-order chi connectivity index (χ1) is 17.2. The largest absolute Gasteiger partial charge is 0.507 e. The zero-order valence-electron chi connectivity index (χ0n) is 24.5. The van der Waals surface area contributed by atoms with E-state index in [9.17, 15) is 15.0 Å². The van der Waals surface area contributed by atoms with Crippen molar-refractivity contribution in [1.29, 1.82) is 0 Å². The Hall–Kier alpha value is -2.88. The molecule has 4 nitrogen and oxygen atoms in total. The number of carboxylic acid groups (broad SMARTS) is 1. The number of aryl methyl sites for hydroxylation is 1. The van der Waals surface area contributed by atoms with Gasteiger partial charge in [0.1, 0.15) is 11.3 Å². The number of carboxylic acids is 1. The van der Waals surface area contributed by atoms with E-state index in [1.807, 2.05) is 60.6 Å². The molecule has 1 aliphatic carbocycles. The van der Waals surface area contributed by atoms with Gasteiger partial charge in [-0.05, 0) is 85.4 Å². The molecule has 0 atom stereocenters. The zero-order valence-corrected chi connectivity index (χ0v) is 24.5. The summed E-state index contributed by atoms with van der Waals surface area (Å²) in [6.45, 7) is 25.0. The maximum atomic E-state index is 11.5. The number of rotatable bonds is 9. The third-order valence-corrected chi connectivity index (χ3v) is 5.20. The molecular formula is C32H51NO3. The fraction of sp³-hybridized carbons (Fsp3) is 0.500. The van der Waals surface area contributed by atoms with E-state index in [4.69, 9.17) is 0 Å². The van der Waals surface area contributed by atoms with E-state index >= 15 is 0 Å². The van der Waals surface area contributed by atoms with Gasteiger partial charge in [0.25, 0.3) is 0 Å². The first-order valence-corrected chi connectivity index (χ1v) is 13.5. The summed E-state index contributed by atoms with van der Waals surface area (Å²) in [5.74, 6) is -1.00. The molecule has 1 aromatic rings. The Kier molecular flexibility index (Phi) is 19.9. The van der Waals surface area contributed by atoms with E-state index in [1.165, 1.54) is 18.7 Å². The average molecular weight is 498 g/mol. The van der Waals surface area contributed by atoms with E-state index in [2.05, 4.69) is 44.5 Å². The predicted molar refractivity (Wildman–Crippen MR) is 159 cm³/mol. The second-order valence-electron chi connectivity index (χ2n) is 8.29. The molecule has 1 aromatic carbocycles. The average Bonchev–Trinajstić information content (AvgIpc) is 3.71. The number of aliphatic hydroxyl groups excluding tert-OH is 1. The number of benzene rings is 1. The lowest BCUT2D eigenvalue weighted by Crippen LogP contribution is -2.06. The van der Waals surface area contributed by atoms with E-state index in [-0.39, 0.29) is 11.3 Å². The van der Waals surface area contributed by atoms with Crippen LogP contribution in [0.3, 0.4) is 0 Å². The number of aliphatic imine (C=N–C) groups is 1. The van der Waals surface area contributed by atoms with Crippen LogP contribution in [-0.4, -0.2) is 28.9 Å². The third-order valence-electron chi connectivity index (χ3n) is 5.20. The van der Waals surface area contributed by atoms with Crippen LogP contribution >= 0.6 is 0 Å². The van der Waals surface area contributed by atoms with E-state index in [1.54, 1.807) is 0 Å². The van der Waals surface area contributed by atoms with Crippen LogP contribution in [0.4, 0.5) is 0 Å². The van der Waals surface area contributed by atoms with Gasteiger partial charge in [-0.3, -0.25) is 4.99 Å². The fourth-order valence-electron chi connectivity index (χ4n) is 3.21. The smallest absolute Gasteiger partial charge is 0.341 e. The van der Waals surface area contributed by atoms with Crippen LogP contribution in [0.15, 0.2) is 70.0 Å². The summed E-state index contributed by atoms with van der Waals surface area (Å²) >= 11 is 0. The SMILES string of the molecule is C=C(/C(=C(C)/C(C)=C/C(O)=C(\C=NCCC)C(=O)O)c1ccccc1C)C1CC1.CC.CC.CCC. The van der Waals surface area contributed by atoms with Crippen molar-refractivity contribution >= 4 is 17.8 Å². The summed E-state index contributed by atoms with van der Waals surface area (Å²) in [4.78, 5) is 15.6. The highest BCUT2D eigenvalue weighted by Crippen LogP contribution is 2.44. The van der Waals surface area contributed by atoms with Crippen molar-refractivity contribution in [3.63, 3.8) is 0 Å². The fourth-order valence-corrected chi connectivity index (χ4v) is 3.21.